The summed E-state index contributed by atoms with van der Waals surface area (Å²) >= 11 is 5.56. The van der Waals surface area contributed by atoms with E-state index in [1.54, 1.807) is 0 Å². The lowest BCUT2D eigenvalue weighted by atomic mass is 10.3. The van der Waals surface area contributed by atoms with Gasteiger partial charge < -0.3 is 5.73 Å². The summed E-state index contributed by atoms with van der Waals surface area (Å²) < 4.78 is 39.9. The third kappa shape index (κ3) is 3.03. The number of anilines is 1. The summed E-state index contributed by atoms with van der Waals surface area (Å²) in [6, 6.07) is 2.16. The molecule has 0 bridgehead atoms. The number of halogens is 2. The van der Waals surface area contributed by atoms with Crippen LogP contribution in [0.4, 0.5) is 10.1 Å². The first-order valence-electron chi connectivity index (χ1n) is 5.12. The number of sulfonamides is 1. The number of nitrogens with one attached hydrogen (secondary N) is 2. The highest BCUT2D eigenvalue weighted by Crippen LogP contribution is 2.25. The fourth-order valence-corrected chi connectivity index (χ4v) is 2.84. The lowest BCUT2D eigenvalue weighted by molar-refractivity contribution is 0.557. The Kier molecular flexibility index (Phi) is 3.74. The number of nitrogens with zero attached hydrogens (tertiary/aromatic N) is 1. The van der Waals surface area contributed by atoms with Gasteiger partial charge >= 0.3 is 0 Å². The number of H-pyrrole nitrogens is 1. The molecule has 0 aliphatic rings. The van der Waals surface area contributed by atoms with E-state index in [0.717, 1.165) is 12.1 Å². The van der Waals surface area contributed by atoms with Crippen LogP contribution in [-0.2, 0) is 16.6 Å². The van der Waals surface area contributed by atoms with Crippen LogP contribution < -0.4 is 10.5 Å². The van der Waals surface area contributed by atoms with Crippen LogP contribution in [-0.4, -0.2) is 18.6 Å². The standard InChI is InChI=1S/C10H10ClFN4O2S/c11-8-1-7(13)2-9(10(8)12)19(17,18)16-5-6-3-14-15-4-6/h1-4,16H,5,13H2,(H,14,15). The van der Waals surface area contributed by atoms with Crippen molar-refractivity contribution in [3.05, 3.63) is 40.9 Å². The Balaban J connectivity index is 2.29. The second kappa shape index (κ2) is 5.16. The van der Waals surface area contributed by atoms with Crippen LogP contribution >= 0.6 is 11.6 Å². The van der Waals surface area contributed by atoms with Gasteiger partial charge in [0.2, 0.25) is 10.0 Å². The van der Waals surface area contributed by atoms with Gasteiger partial charge in [-0.3, -0.25) is 5.10 Å². The zero-order valence-corrected chi connectivity index (χ0v) is 11.1. The summed E-state index contributed by atoms with van der Waals surface area (Å²) in [4.78, 5) is -0.582. The predicted molar refractivity (Wildman–Crippen MR) is 68.4 cm³/mol. The maximum atomic E-state index is 13.7. The molecule has 0 aliphatic heterocycles. The van der Waals surface area contributed by atoms with E-state index in [9.17, 15) is 12.8 Å². The SMILES string of the molecule is Nc1cc(Cl)c(F)c(S(=O)(=O)NCc2cn[nH]c2)c1. The zero-order valence-electron chi connectivity index (χ0n) is 9.52. The molecule has 0 saturated heterocycles. The van der Waals surface area contributed by atoms with Crippen LogP contribution in [0.3, 0.4) is 0 Å². The molecule has 1 heterocycles. The first-order chi connectivity index (χ1) is 8.90. The zero-order chi connectivity index (χ0) is 14.0. The molecule has 0 amide bonds. The molecule has 0 saturated carbocycles. The molecule has 6 nitrogen and oxygen atoms in total. The Morgan fingerprint density at radius 3 is 2.84 bits per heavy atom. The number of aromatic nitrogens is 2. The van der Waals surface area contributed by atoms with Gasteiger partial charge in [0, 0.05) is 24.0 Å². The molecule has 1 aromatic carbocycles. The molecule has 102 valence electrons. The van der Waals surface area contributed by atoms with Crippen molar-refractivity contribution in [2.75, 3.05) is 5.73 Å². The van der Waals surface area contributed by atoms with Gasteiger partial charge in [-0.15, -0.1) is 0 Å². The molecule has 1 aromatic heterocycles. The van der Waals surface area contributed by atoms with Crippen molar-refractivity contribution < 1.29 is 12.8 Å². The Bertz CT molecular complexity index is 688. The number of hydrogen-bond donors (Lipinski definition) is 3. The van der Waals surface area contributed by atoms with Gasteiger partial charge in [-0.2, -0.15) is 5.10 Å². The molecule has 0 atom stereocenters. The number of hydrogen-bond acceptors (Lipinski definition) is 4. The minimum atomic E-state index is -4.04. The average molecular weight is 305 g/mol. The van der Waals surface area contributed by atoms with Gasteiger partial charge in [0.15, 0.2) is 5.82 Å². The summed E-state index contributed by atoms with van der Waals surface area (Å²) in [5.74, 6) is -1.03. The summed E-state index contributed by atoms with van der Waals surface area (Å²) in [6.45, 7) is -0.0231. The molecule has 0 radical (unpaired) electrons. The van der Waals surface area contributed by atoms with E-state index in [-0.39, 0.29) is 17.3 Å². The van der Waals surface area contributed by atoms with Crippen LogP contribution in [0.2, 0.25) is 5.02 Å². The second-order valence-electron chi connectivity index (χ2n) is 3.75. The maximum absolute atomic E-state index is 13.7. The van der Waals surface area contributed by atoms with Crippen molar-refractivity contribution >= 4 is 27.3 Å². The summed E-state index contributed by atoms with van der Waals surface area (Å²) in [5.41, 5.74) is 6.13. The molecule has 0 aliphatic carbocycles. The van der Waals surface area contributed by atoms with Gasteiger partial charge in [0.05, 0.1) is 11.2 Å². The third-order valence-electron chi connectivity index (χ3n) is 2.33. The molecule has 0 unspecified atom stereocenters. The van der Waals surface area contributed by atoms with Crippen molar-refractivity contribution in [3.63, 3.8) is 0 Å². The van der Waals surface area contributed by atoms with E-state index >= 15 is 0 Å². The topological polar surface area (TPSA) is 101 Å². The van der Waals surface area contributed by atoms with Gasteiger partial charge in [0.25, 0.3) is 0 Å². The molecule has 4 N–H and O–H groups in total. The van der Waals surface area contributed by atoms with Crippen LogP contribution in [0, 0.1) is 5.82 Å². The molecule has 9 heteroatoms. The predicted octanol–water partition coefficient (Wildman–Crippen LogP) is 1.26. The Morgan fingerprint density at radius 2 is 2.21 bits per heavy atom. The monoisotopic (exact) mass is 304 g/mol. The fraction of sp³-hybridized carbons (Fsp3) is 0.100. The van der Waals surface area contributed by atoms with Crippen LogP contribution in [0.1, 0.15) is 5.56 Å². The van der Waals surface area contributed by atoms with Crippen LogP contribution in [0.5, 0.6) is 0 Å². The Morgan fingerprint density at radius 1 is 1.47 bits per heavy atom. The van der Waals surface area contributed by atoms with Crippen molar-refractivity contribution in [2.45, 2.75) is 11.4 Å². The second-order valence-corrected chi connectivity index (χ2v) is 5.89. The fourth-order valence-electron chi connectivity index (χ4n) is 1.41. The van der Waals surface area contributed by atoms with Crippen LogP contribution in [0.25, 0.3) is 0 Å². The van der Waals surface area contributed by atoms with Gasteiger partial charge in [-0.1, -0.05) is 11.6 Å². The number of aromatic amines is 1. The Hall–Kier alpha value is -1.64. The normalized spacial score (nSPS) is 11.7. The van der Waals surface area contributed by atoms with Crippen molar-refractivity contribution in [3.8, 4) is 0 Å². The summed E-state index contributed by atoms with van der Waals surface area (Å²) in [5, 5.41) is 5.86. The quantitative estimate of drug-likeness (QED) is 0.740. The van der Waals surface area contributed by atoms with E-state index in [1.807, 2.05) is 0 Å². The molecule has 0 spiro atoms. The number of nitrogen functional groups attached to an aromatic ring is 1. The summed E-state index contributed by atoms with van der Waals surface area (Å²) in [7, 11) is -4.04. The summed E-state index contributed by atoms with van der Waals surface area (Å²) in [6.07, 6.45) is 2.97. The van der Waals surface area contributed by atoms with E-state index in [0.29, 0.717) is 5.56 Å². The van der Waals surface area contributed by atoms with Crippen molar-refractivity contribution in [1.82, 2.24) is 14.9 Å². The lowest BCUT2D eigenvalue weighted by Crippen LogP contribution is -2.24. The van der Waals surface area contributed by atoms with Crippen LogP contribution in [0.15, 0.2) is 29.4 Å². The third-order valence-corrected chi connectivity index (χ3v) is 4.00. The largest absolute Gasteiger partial charge is 0.399 e. The van der Waals surface area contributed by atoms with Crippen molar-refractivity contribution in [1.29, 1.82) is 0 Å². The Labute approximate surface area is 113 Å². The molecular weight excluding hydrogens is 295 g/mol. The first-order valence-corrected chi connectivity index (χ1v) is 6.98. The van der Waals surface area contributed by atoms with E-state index in [1.165, 1.54) is 12.4 Å². The molecule has 2 aromatic rings. The maximum Gasteiger partial charge on any atom is 0.243 e. The smallest absolute Gasteiger partial charge is 0.243 e. The highest BCUT2D eigenvalue weighted by Gasteiger charge is 2.21. The number of nitrogens with two attached hydrogens (primary N) is 1. The first kappa shape index (κ1) is 13.8. The number of benzene rings is 1. The van der Waals surface area contributed by atoms with Gasteiger partial charge in [0.1, 0.15) is 4.90 Å². The highest BCUT2D eigenvalue weighted by atomic mass is 35.5. The van der Waals surface area contributed by atoms with Gasteiger partial charge in [-0.05, 0) is 12.1 Å². The molecular formula is C10H10ClFN4O2S. The molecule has 19 heavy (non-hydrogen) atoms. The minimum Gasteiger partial charge on any atom is -0.399 e. The van der Waals surface area contributed by atoms with E-state index < -0.39 is 20.7 Å². The van der Waals surface area contributed by atoms with E-state index in [4.69, 9.17) is 17.3 Å². The van der Waals surface area contributed by atoms with E-state index in [2.05, 4.69) is 14.9 Å². The average Bonchev–Trinajstić information content (AvgIpc) is 2.84. The minimum absolute atomic E-state index is 0.0231. The molecule has 0 fully saturated rings. The highest BCUT2D eigenvalue weighted by molar-refractivity contribution is 7.89. The lowest BCUT2D eigenvalue weighted by Gasteiger charge is -2.08. The molecule has 2 rings (SSSR count). The van der Waals surface area contributed by atoms with Gasteiger partial charge in [-0.25, -0.2) is 17.5 Å². The van der Waals surface area contributed by atoms with Crippen molar-refractivity contribution in [2.24, 2.45) is 0 Å². The number of rotatable bonds is 4.